The van der Waals surface area contributed by atoms with Crippen LogP contribution in [0.4, 0.5) is 0 Å². The number of fused-ring (bicyclic) bond motifs is 1. The van der Waals surface area contributed by atoms with Crippen molar-refractivity contribution in [3.05, 3.63) is 53.5 Å². The van der Waals surface area contributed by atoms with Gasteiger partial charge in [-0.2, -0.15) is 5.10 Å². The second kappa shape index (κ2) is 5.78. The Hall–Kier alpha value is -2.20. The molecule has 1 aliphatic heterocycles. The maximum atomic E-state index is 5.51. The third-order valence-corrected chi connectivity index (χ3v) is 4.70. The molecule has 3 aromatic rings. The van der Waals surface area contributed by atoms with Crippen LogP contribution in [-0.2, 0) is 4.74 Å². The van der Waals surface area contributed by atoms with Gasteiger partial charge in [-0.15, -0.1) is 0 Å². The van der Waals surface area contributed by atoms with E-state index in [4.69, 9.17) is 9.84 Å². The predicted molar refractivity (Wildman–Crippen MR) is 91.1 cm³/mol. The predicted octanol–water partition coefficient (Wildman–Crippen LogP) is 3.93. The maximum absolute atomic E-state index is 5.51. The van der Waals surface area contributed by atoms with Gasteiger partial charge in [-0.1, -0.05) is 17.7 Å². The molecule has 118 valence electrons. The summed E-state index contributed by atoms with van der Waals surface area (Å²) in [6.45, 7) is 5.91. The molecule has 1 saturated heterocycles. The minimum absolute atomic E-state index is 0.473. The standard InChI is InChI=1S/C19H21N3O/c1-13-3-4-17(14(2)11-13)22-18-12-20-8-5-16(18)19(21-22)15-6-9-23-10-7-15/h3-5,8,11-12,15H,6-7,9-10H2,1-2H3. The van der Waals surface area contributed by atoms with Gasteiger partial charge < -0.3 is 4.74 Å². The summed E-state index contributed by atoms with van der Waals surface area (Å²) < 4.78 is 7.57. The highest BCUT2D eigenvalue weighted by Gasteiger charge is 2.23. The Morgan fingerprint density at radius 1 is 1.13 bits per heavy atom. The average molecular weight is 307 g/mol. The summed E-state index contributed by atoms with van der Waals surface area (Å²) in [5.74, 6) is 0.473. The van der Waals surface area contributed by atoms with Crippen molar-refractivity contribution in [2.45, 2.75) is 32.6 Å². The van der Waals surface area contributed by atoms with Crippen LogP contribution in [0.5, 0.6) is 0 Å². The molecule has 3 heterocycles. The fraction of sp³-hybridized carbons (Fsp3) is 0.368. The summed E-state index contributed by atoms with van der Waals surface area (Å²) in [5, 5.41) is 6.21. The van der Waals surface area contributed by atoms with E-state index in [0.717, 1.165) is 37.3 Å². The third-order valence-electron chi connectivity index (χ3n) is 4.70. The normalized spacial score (nSPS) is 16.1. The van der Waals surface area contributed by atoms with Crippen LogP contribution in [0.2, 0.25) is 0 Å². The first kappa shape index (κ1) is 14.4. The molecule has 23 heavy (non-hydrogen) atoms. The molecule has 0 bridgehead atoms. The van der Waals surface area contributed by atoms with E-state index in [1.165, 1.54) is 22.2 Å². The Bertz CT molecular complexity index is 847. The molecule has 4 nitrogen and oxygen atoms in total. The van der Waals surface area contributed by atoms with Gasteiger partial charge in [0.05, 0.1) is 23.1 Å². The fourth-order valence-electron chi connectivity index (χ4n) is 3.49. The lowest BCUT2D eigenvalue weighted by Gasteiger charge is -2.20. The van der Waals surface area contributed by atoms with Gasteiger partial charge in [-0.3, -0.25) is 4.98 Å². The van der Waals surface area contributed by atoms with Gasteiger partial charge >= 0.3 is 0 Å². The van der Waals surface area contributed by atoms with Crippen LogP contribution in [0.25, 0.3) is 16.6 Å². The smallest absolute Gasteiger partial charge is 0.0927 e. The molecule has 0 atom stereocenters. The molecule has 1 aliphatic rings. The number of benzene rings is 1. The molecule has 0 amide bonds. The van der Waals surface area contributed by atoms with Gasteiger partial charge in [-0.05, 0) is 44.4 Å². The van der Waals surface area contributed by atoms with Gasteiger partial charge in [0.2, 0.25) is 0 Å². The van der Waals surface area contributed by atoms with Crippen LogP contribution in [0.1, 0.15) is 35.6 Å². The summed E-state index contributed by atoms with van der Waals surface area (Å²) in [7, 11) is 0. The van der Waals surface area contributed by atoms with Crippen molar-refractivity contribution >= 4 is 10.9 Å². The van der Waals surface area contributed by atoms with Crippen molar-refractivity contribution < 1.29 is 4.74 Å². The Labute approximate surface area is 136 Å². The highest BCUT2D eigenvalue weighted by atomic mass is 16.5. The molecule has 1 fully saturated rings. The molecule has 0 spiro atoms. The Balaban J connectivity index is 1.90. The van der Waals surface area contributed by atoms with E-state index in [1.807, 2.05) is 12.4 Å². The molecule has 0 saturated carbocycles. The third kappa shape index (κ3) is 2.53. The SMILES string of the molecule is Cc1ccc(-n2nc(C3CCOCC3)c3ccncc32)c(C)c1. The molecule has 0 N–H and O–H groups in total. The molecule has 2 aromatic heterocycles. The zero-order valence-corrected chi connectivity index (χ0v) is 13.6. The van der Waals surface area contributed by atoms with Crippen LogP contribution in [0.15, 0.2) is 36.7 Å². The van der Waals surface area contributed by atoms with E-state index >= 15 is 0 Å². The summed E-state index contributed by atoms with van der Waals surface area (Å²) in [5.41, 5.74) is 5.90. The first-order chi connectivity index (χ1) is 11.2. The quantitative estimate of drug-likeness (QED) is 0.720. The summed E-state index contributed by atoms with van der Waals surface area (Å²) in [6, 6.07) is 8.58. The van der Waals surface area contributed by atoms with Gasteiger partial charge in [-0.25, -0.2) is 4.68 Å². The fourth-order valence-corrected chi connectivity index (χ4v) is 3.49. The highest BCUT2D eigenvalue weighted by Crippen LogP contribution is 2.33. The number of nitrogens with zero attached hydrogens (tertiary/aromatic N) is 3. The number of aromatic nitrogens is 3. The number of hydrogen-bond donors (Lipinski definition) is 0. The zero-order chi connectivity index (χ0) is 15.8. The van der Waals surface area contributed by atoms with Crippen LogP contribution in [-0.4, -0.2) is 28.0 Å². The summed E-state index contributed by atoms with van der Waals surface area (Å²) in [4.78, 5) is 4.32. The molecule has 1 aromatic carbocycles. The summed E-state index contributed by atoms with van der Waals surface area (Å²) in [6.07, 6.45) is 5.87. The zero-order valence-electron chi connectivity index (χ0n) is 13.6. The molecule has 0 aliphatic carbocycles. The number of rotatable bonds is 2. The first-order valence-electron chi connectivity index (χ1n) is 8.22. The lowest BCUT2D eigenvalue weighted by atomic mass is 9.95. The first-order valence-corrected chi connectivity index (χ1v) is 8.22. The molecule has 4 rings (SSSR count). The van der Waals surface area contributed by atoms with Gasteiger partial charge in [0, 0.05) is 30.7 Å². The van der Waals surface area contributed by atoms with Gasteiger partial charge in [0.25, 0.3) is 0 Å². The Morgan fingerprint density at radius 2 is 1.96 bits per heavy atom. The minimum Gasteiger partial charge on any atom is -0.381 e. The van der Waals surface area contributed by atoms with Crippen LogP contribution >= 0.6 is 0 Å². The van der Waals surface area contributed by atoms with E-state index in [9.17, 15) is 0 Å². The van der Waals surface area contributed by atoms with Crippen LogP contribution in [0.3, 0.4) is 0 Å². The largest absolute Gasteiger partial charge is 0.381 e. The van der Waals surface area contributed by atoms with Gasteiger partial charge in [0.15, 0.2) is 0 Å². The van der Waals surface area contributed by atoms with Crippen molar-refractivity contribution in [1.29, 1.82) is 0 Å². The van der Waals surface area contributed by atoms with Crippen molar-refractivity contribution in [2.24, 2.45) is 0 Å². The molecular formula is C19H21N3O. The van der Waals surface area contributed by atoms with Crippen molar-refractivity contribution in [3.8, 4) is 5.69 Å². The molecule has 4 heteroatoms. The molecular weight excluding hydrogens is 286 g/mol. The topological polar surface area (TPSA) is 39.9 Å². The Kier molecular flexibility index (Phi) is 3.62. The van der Waals surface area contributed by atoms with Gasteiger partial charge in [0.1, 0.15) is 0 Å². The van der Waals surface area contributed by atoms with Crippen LogP contribution < -0.4 is 0 Å². The number of ether oxygens (including phenoxy) is 1. The second-order valence-electron chi connectivity index (χ2n) is 6.37. The van der Waals surface area contributed by atoms with Crippen molar-refractivity contribution in [1.82, 2.24) is 14.8 Å². The monoisotopic (exact) mass is 307 g/mol. The lowest BCUT2D eigenvalue weighted by Crippen LogP contribution is -2.15. The van der Waals surface area contributed by atoms with E-state index in [1.54, 1.807) is 0 Å². The van der Waals surface area contributed by atoms with Crippen molar-refractivity contribution in [3.63, 3.8) is 0 Å². The number of pyridine rings is 1. The van der Waals surface area contributed by atoms with Crippen LogP contribution in [0, 0.1) is 13.8 Å². The second-order valence-corrected chi connectivity index (χ2v) is 6.37. The summed E-state index contributed by atoms with van der Waals surface area (Å²) >= 11 is 0. The Morgan fingerprint density at radius 3 is 2.74 bits per heavy atom. The highest BCUT2D eigenvalue weighted by molar-refractivity contribution is 5.83. The van der Waals surface area contributed by atoms with E-state index in [0.29, 0.717) is 5.92 Å². The molecule has 0 radical (unpaired) electrons. The number of aryl methyl sites for hydroxylation is 2. The number of hydrogen-bond acceptors (Lipinski definition) is 3. The van der Waals surface area contributed by atoms with E-state index in [-0.39, 0.29) is 0 Å². The maximum Gasteiger partial charge on any atom is 0.0927 e. The lowest BCUT2D eigenvalue weighted by molar-refractivity contribution is 0.0847. The van der Waals surface area contributed by atoms with E-state index in [2.05, 4.69) is 47.8 Å². The minimum atomic E-state index is 0.473. The molecule has 0 unspecified atom stereocenters. The van der Waals surface area contributed by atoms with Crippen molar-refractivity contribution in [2.75, 3.05) is 13.2 Å². The van der Waals surface area contributed by atoms with E-state index < -0.39 is 0 Å². The average Bonchev–Trinajstić information content (AvgIpc) is 2.95.